The highest BCUT2D eigenvalue weighted by Gasteiger charge is 2.26. The number of hydrogen-bond donors (Lipinski definition) is 0. The summed E-state index contributed by atoms with van der Waals surface area (Å²) in [5.74, 6) is 1.22. The van der Waals surface area contributed by atoms with Crippen LogP contribution in [0.2, 0.25) is 25.7 Å². The molecule has 0 N–H and O–H groups in total. The minimum Gasteiger partial charge on any atom is -0.442 e. The van der Waals surface area contributed by atoms with E-state index >= 15 is 0 Å². The number of nitrogens with zero attached hydrogens (tertiary/aromatic N) is 7. The Labute approximate surface area is 258 Å². The maximum atomic E-state index is 12.8. The van der Waals surface area contributed by atoms with Crippen LogP contribution in [0, 0.1) is 13.8 Å². The maximum absolute atomic E-state index is 12.8. The predicted molar refractivity (Wildman–Crippen MR) is 174 cm³/mol. The van der Waals surface area contributed by atoms with E-state index in [1.807, 2.05) is 57.7 Å². The molecular weight excluding hydrogens is 579 g/mol. The number of fused-ring (bicyclic) bond motifs is 1. The Morgan fingerprint density at radius 1 is 1.12 bits per heavy atom. The highest BCUT2D eigenvalue weighted by Crippen LogP contribution is 2.39. The van der Waals surface area contributed by atoms with E-state index in [9.17, 15) is 4.79 Å². The summed E-state index contributed by atoms with van der Waals surface area (Å²) in [6.07, 6.45) is 6.14. The van der Waals surface area contributed by atoms with Crippen LogP contribution in [0.25, 0.3) is 22.2 Å². The van der Waals surface area contributed by atoms with Crippen molar-refractivity contribution in [3.05, 3.63) is 40.8 Å². The number of carbonyl (C=O) groups excluding carboxylic acids is 1. The summed E-state index contributed by atoms with van der Waals surface area (Å²) in [6.45, 7) is 17.4. The zero-order chi connectivity index (χ0) is 30.9. The zero-order valence-electron chi connectivity index (χ0n) is 26.6. The molecule has 1 fully saturated rings. The van der Waals surface area contributed by atoms with Gasteiger partial charge in [0.25, 0.3) is 0 Å². The summed E-state index contributed by atoms with van der Waals surface area (Å²) in [6, 6.07) is 7.01. The lowest BCUT2D eigenvalue weighted by atomic mass is 10.1. The van der Waals surface area contributed by atoms with Crippen LogP contribution in [0.5, 0.6) is 0 Å². The fourth-order valence-electron chi connectivity index (χ4n) is 5.25. The van der Waals surface area contributed by atoms with Crippen LogP contribution in [0.4, 0.5) is 15.7 Å². The number of rotatable bonds is 9. The minimum atomic E-state index is -1.23. The van der Waals surface area contributed by atoms with Crippen LogP contribution in [0.15, 0.2) is 24.4 Å². The van der Waals surface area contributed by atoms with Gasteiger partial charge in [-0.15, -0.1) is 10.2 Å². The van der Waals surface area contributed by atoms with Crippen molar-refractivity contribution in [2.75, 3.05) is 18.2 Å². The number of ether oxygens (including phenoxy) is 2. The van der Waals surface area contributed by atoms with Gasteiger partial charge in [0.15, 0.2) is 0 Å². The number of anilines is 2. The molecule has 1 aliphatic rings. The van der Waals surface area contributed by atoms with E-state index in [4.69, 9.17) is 19.4 Å². The molecule has 4 aromatic rings. The lowest BCUT2D eigenvalue weighted by molar-refractivity contribution is 0.0510. The van der Waals surface area contributed by atoms with E-state index in [2.05, 4.69) is 34.9 Å². The van der Waals surface area contributed by atoms with Crippen molar-refractivity contribution < 1.29 is 14.3 Å². The van der Waals surface area contributed by atoms with Crippen LogP contribution in [-0.2, 0) is 9.47 Å². The molecule has 0 spiro atoms. The van der Waals surface area contributed by atoms with Crippen LogP contribution >= 0.6 is 11.3 Å². The van der Waals surface area contributed by atoms with Crippen LogP contribution in [-0.4, -0.2) is 63.1 Å². The van der Waals surface area contributed by atoms with Gasteiger partial charge in [0.05, 0.1) is 22.4 Å². The Morgan fingerprint density at radius 3 is 2.56 bits per heavy atom. The third-order valence-electron chi connectivity index (χ3n) is 7.53. The fourth-order valence-corrected chi connectivity index (χ4v) is 7.02. The summed E-state index contributed by atoms with van der Waals surface area (Å²) in [5, 5.41) is 15.5. The molecule has 0 radical (unpaired) electrons. The van der Waals surface area contributed by atoms with Crippen molar-refractivity contribution in [3.8, 4) is 11.1 Å². The van der Waals surface area contributed by atoms with Crippen LogP contribution in [0.3, 0.4) is 0 Å². The first-order chi connectivity index (χ1) is 20.3. The molecule has 0 aromatic carbocycles. The molecule has 4 heterocycles. The molecule has 4 aromatic heterocycles. The van der Waals surface area contributed by atoms with Crippen LogP contribution < -0.4 is 4.90 Å². The second kappa shape index (κ2) is 12.4. The van der Waals surface area contributed by atoms with Gasteiger partial charge in [-0.1, -0.05) is 43.8 Å². The molecular formula is C31H43N7O3SSi. The Morgan fingerprint density at radius 2 is 1.86 bits per heavy atom. The molecule has 0 bridgehead atoms. The van der Waals surface area contributed by atoms with Gasteiger partial charge in [0.2, 0.25) is 5.13 Å². The summed E-state index contributed by atoms with van der Waals surface area (Å²) in [4.78, 5) is 24.6. The van der Waals surface area contributed by atoms with E-state index in [0.29, 0.717) is 30.6 Å². The van der Waals surface area contributed by atoms with Gasteiger partial charge in [-0.05, 0) is 71.7 Å². The molecule has 230 valence electrons. The summed E-state index contributed by atoms with van der Waals surface area (Å²) in [7, 11) is -1.23. The Kier molecular flexibility index (Phi) is 9.01. The molecule has 0 aliphatic heterocycles. The van der Waals surface area contributed by atoms with E-state index in [-0.39, 0.29) is 0 Å². The second-order valence-electron chi connectivity index (χ2n) is 13.5. The van der Waals surface area contributed by atoms with Crippen molar-refractivity contribution in [1.82, 2.24) is 29.9 Å². The lowest BCUT2D eigenvalue weighted by Crippen LogP contribution is -2.28. The highest BCUT2D eigenvalue weighted by atomic mass is 32.1. The third-order valence-corrected chi connectivity index (χ3v) is 10.3. The Hall–Kier alpha value is -3.22. The monoisotopic (exact) mass is 621 g/mol. The topological polar surface area (TPSA) is 108 Å². The SMILES string of the molecule is Cc1nn(C(=O)OC(C)(C)C)c(C)c1-c1cnc2ccc(N(COCC[Si](C)(C)C)c3nnc(C4CCCC4)s3)nc2c1. The van der Waals surface area contributed by atoms with Gasteiger partial charge < -0.3 is 9.47 Å². The van der Waals surface area contributed by atoms with Gasteiger partial charge in [0, 0.05) is 37.9 Å². The van der Waals surface area contributed by atoms with Crippen molar-refractivity contribution >= 4 is 47.5 Å². The number of hydrogen-bond acceptors (Lipinski definition) is 10. The quantitative estimate of drug-likeness (QED) is 0.105. The Balaban J connectivity index is 1.47. The largest absolute Gasteiger partial charge is 0.442 e. The number of pyridine rings is 2. The van der Waals surface area contributed by atoms with Crippen molar-refractivity contribution in [2.24, 2.45) is 0 Å². The van der Waals surface area contributed by atoms with E-state index in [1.165, 1.54) is 30.4 Å². The van der Waals surface area contributed by atoms with Gasteiger partial charge >= 0.3 is 6.09 Å². The first-order valence-electron chi connectivity index (χ1n) is 15.0. The number of aryl methyl sites for hydroxylation is 1. The van der Waals surface area contributed by atoms with Crippen LogP contribution in [0.1, 0.15) is 68.8 Å². The normalized spacial score (nSPS) is 14.5. The van der Waals surface area contributed by atoms with Gasteiger partial charge in [-0.2, -0.15) is 9.78 Å². The highest BCUT2D eigenvalue weighted by molar-refractivity contribution is 7.15. The van der Waals surface area contributed by atoms with Gasteiger partial charge in [-0.3, -0.25) is 9.88 Å². The van der Waals surface area contributed by atoms with Gasteiger partial charge in [0.1, 0.15) is 23.2 Å². The third kappa shape index (κ3) is 7.47. The molecule has 0 atom stereocenters. The number of aromatic nitrogens is 6. The van der Waals surface area contributed by atoms with E-state index in [1.54, 1.807) is 17.5 Å². The van der Waals surface area contributed by atoms with Crippen molar-refractivity contribution in [1.29, 1.82) is 0 Å². The molecule has 1 aliphatic carbocycles. The first kappa shape index (κ1) is 31.2. The van der Waals surface area contributed by atoms with E-state index in [0.717, 1.165) is 44.2 Å². The number of carbonyl (C=O) groups is 1. The minimum absolute atomic E-state index is 0.344. The molecule has 10 nitrogen and oxygen atoms in total. The Bertz CT molecular complexity index is 1600. The molecule has 0 amide bonds. The lowest BCUT2D eigenvalue weighted by Gasteiger charge is -2.22. The average molecular weight is 622 g/mol. The van der Waals surface area contributed by atoms with Gasteiger partial charge in [-0.25, -0.2) is 9.78 Å². The zero-order valence-corrected chi connectivity index (χ0v) is 28.4. The summed E-state index contributed by atoms with van der Waals surface area (Å²) in [5.41, 5.74) is 3.95. The smallest absolute Gasteiger partial charge is 0.435 e. The molecule has 12 heteroatoms. The molecule has 0 saturated heterocycles. The molecule has 5 rings (SSSR count). The standard InChI is InChI=1S/C31H43N7O3SSi/c1-20-27(21(2)38(36-20)30(39)41-31(3,4)5)23-17-25-24(32-18-23)13-14-26(33-25)37(19-40-15-16-43(6,7)8)29-35-34-28(42-29)22-11-9-10-12-22/h13-14,17-18,22H,9-12,15-16,19H2,1-8H3. The molecule has 1 saturated carbocycles. The second-order valence-corrected chi connectivity index (χ2v) is 20.2. The van der Waals surface area contributed by atoms with Crippen molar-refractivity contribution in [2.45, 2.75) is 97.5 Å². The van der Waals surface area contributed by atoms with E-state index < -0.39 is 19.8 Å². The summed E-state index contributed by atoms with van der Waals surface area (Å²) >= 11 is 1.64. The molecule has 0 unspecified atom stereocenters. The average Bonchev–Trinajstić information content (AvgIpc) is 3.67. The predicted octanol–water partition coefficient (Wildman–Crippen LogP) is 7.85. The maximum Gasteiger partial charge on any atom is 0.435 e. The first-order valence-corrected chi connectivity index (χ1v) is 19.6. The summed E-state index contributed by atoms with van der Waals surface area (Å²) < 4.78 is 13.1. The molecule has 43 heavy (non-hydrogen) atoms. The fraction of sp³-hybridized carbons (Fsp3) is 0.548. The van der Waals surface area contributed by atoms with Crippen molar-refractivity contribution in [3.63, 3.8) is 0 Å².